The predicted octanol–water partition coefficient (Wildman–Crippen LogP) is -16.1. The number of hydrogen-bond acceptors (Lipinski definition) is 20. The molecule has 49 heavy (non-hydrogen) atoms. The van der Waals surface area contributed by atoms with Crippen molar-refractivity contribution in [3.05, 3.63) is 35.9 Å². The maximum Gasteiger partial charge on any atom is 1.00 e. The Morgan fingerprint density at radius 3 is 1.73 bits per heavy atom. The van der Waals surface area contributed by atoms with Crippen molar-refractivity contribution in [2.75, 3.05) is 26.3 Å². The summed E-state index contributed by atoms with van der Waals surface area (Å²) in [4.78, 5) is 25.5. The monoisotopic (exact) mass is 820 g/mol. The van der Waals surface area contributed by atoms with E-state index in [2.05, 4.69) is 22.0 Å². The van der Waals surface area contributed by atoms with Gasteiger partial charge >= 0.3 is 118 Å². The molecule has 258 valence electrons. The van der Waals surface area contributed by atoms with E-state index in [-0.39, 0.29) is 125 Å². The van der Waals surface area contributed by atoms with Crippen LogP contribution in [-0.4, -0.2) is 126 Å². The quantitative estimate of drug-likeness (QED) is 0.0660. The van der Waals surface area contributed by atoms with Gasteiger partial charge in [0.25, 0.3) is 0 Å². The molecule has 2 rings (SSSR count). The normalized spacial score (nSPS) is 21.0. The molecule has 1 aromatic carbocycles. The van der Waals surface area contributed by atoms with Crippen LogP contribution in [0.2, 0.25) is 0 Å². The summed E-state index contributed by atoms with van der Waals surface area (Å²) in [7, 11) is -23.4. The molecule has 0 radical (unpaired) electrons. The van der Waals surface area contributed by atoms with Crippen LogP contribution in [0.25, 0.3) is 0 Å². The number of nitrogens with zero attached hydrogens (tertiary/aromatic N) is 1. The molecule has 5 atom stereocenters. The van der Waals surface area contributed by atoms with Crippen LogP contribution in [0.1, 0.15) is 12.5 Å². The predicted molar refractivity (Wildman–Crippen MR) is 135 cm³/mol. The molecule has 1 aromatic rings. The van der Waals surface area contributed by atoms with E-state index in [1.807, 2.05) is 0 Å². The number of ether oxygens (including phenoxy) is 2. The van der Waals surface area contributed by atoms with Gasteiger partial charge in [0.05, 0.1) is 19.8 Å². The Bertz CT molecular complexity index is 1620. The van der Waals surface area contributed by atoms with Crippen LogP contribution in [0, 0.1) is 0 Å². The van der Waals surface area contributed by atoms with Crippen molar-refractivity contribution in [1.29, 1.82) is 0 Å². The molecule has 2 amide bonds. The minimum atomic E-state index is -5.99. The van der Waals surface area contributed by atoms with Crippen LogP contribution in [0.5, 0.6) is 0 Å². The number of amides is 2. The first kappa shape index (κ1) is 54.9. The molecule has 22 nitrogen and oxygen atoms in total. The summed E-state index contributed by atoms with van der Waals surface area (Å²) >= 11 is 0. The van der Waals surface area contributed by atoms with Crippen LogP contribution < -0.4 is 124 Å². The van der Waals surface area contributed by atoms with Crippen molar-refractivity contribution in [3.8, 4) is 0 Å². The van der Waals surface area contributed by atoms with E-state index in [4.69, 9.17) is 9.47 Å². The maximum atomic E-state index is 12.4. The van der Waals surface area contributed by atoms with Gasteiger partial charge in [0.15, 0.2) is 12.4 Å². The Morgan fingerprint density at radius 2 is 1.27 bits per heavy atom. The summed E-state index contributed by atoms with van der Waals surface area (Å²) in [5, 5.41) is 2.30. The van der Waals surface area contributed by atoms with E-state index in [1.165, 1.54) is 11.8 Å². The van der Waals surface area contributed by atoms with Gasteiger partial charge in [-0.1, -0.05) is 30.3 Å². The van der Waals surface area contributed by atoms with E-state index in [1.54, 1.807) is 30.3 Å². The van der Waals surface area contributed by atoms with Crippen molar-refractivity contribution < 1.29 is 206 Å². The van der Waals surface area contributed by atoms with Crippen molar-refractivity contribution in [1.82, 2.24) is 10.2 Å². The Labute approximate surface area is 370 Å². The Kier molecular flexibility index (Phi) is 27.1. The first-order chi connectivity index (χ1) is 20.5. The standard InChI is InChI=1S/C19H28N2O20S4.4Na/c1-12(22)21(9-13-5-3-2-4-6-13)10-15(23)20-7-8-36-19-18(41-45(33,34)35)17(40-44(30,31)32)16(39-43(27,28)29)14(38-19)11-37-42(24,25)26;;;;/h2-6,14,16-19H,7-11H2,1H3,(H,20,23)(H,24,25,26)(H,27,28,29)(H,30,31,32)(H,33,34,35);;;;/q;4*+1/p-4. The second-order valence-electron chi connectivity index (χ2n) is 8.72. The maximum absolute atomic E-state index is 12.4. The van der Waals surface area contributed by atoms with E-state index in [0.717, 1.165) is 0 Å². The molecular weight excluding hydrogens is 796 g/mol. The first-order valence-electron chi connectivity index (χ1n) is 11.9. The molecule has 30 heteroatoms. The molecule has 5 unspecified atom stereocenters. The molecule has 1 fully saturated rings. The van der Waals surface area contributed by atoms with Crippen LogP contribution in [0.3, 0.4) is 0 Å². The van der Waals surface area contributed by atoms with Gasteiger partial charge < -0.3 is 37.9 Å². The average molecular weight is 821 g/mol. The van der Waals surface area contributed by atoms with E-state index < -0.39 is 110 Å². The van der Waals surface area contributed by atoms with Gasteiger partial charge in [-0.05, 0) is 5.56 Å². The fourth-order valence-corrected chi connectivity index (χ4v) is 5.48. The molecule has 1 N–H and O–H groups in total. The van der Waals surface area contributed by atoms with Crippen molar-refractivity contribution in [2.24, 2.45) is 0 Å². The van der Waals surface area contributed by atoms with Gasteiger partial charge in [-0.25, -0.2) is 33.7 Å². The van der Waals surface area contributed by atoms with E-state index in [9.17, 15) is 61.5 Å². The number of carbonyl (C=O) groups is 2. The SMILES string of the molecule is CC(=O)N(CC(=O)NCCOC1OC(COS(=O)(=O)[O-])C(OS(=O)(=O)[O-])C(OS(=O)(=O)[O-])C1OS(=O)(=O)[O-])Cc1ccccc1.[Na+].[Na+].[Na+].[Na+]. The number of carbonyl (C=O) groups excluding carboxylic acids is 2. The number of nitrogens with one attached hydrogen (secondary N) is 1. The third-order valence-electron chi connectivity index (χ3n) is 5.36. The molecule has 0 bridgehead atoms. The zero-order chi connectivity index (χ0) is 34.2. The van der Waals surface area contributed by atoms with E-state index in [0.29, 0.717) is 5.56 Å². The van der Waals surface area contributed by atoms with Crippen LogP contribution >= 0.6 is 0 Å². The number of rotatable bonds is 17. The molecule has 1 heterocycles. The van der Waals surface area contributed by atoms with Crippen LogP contribution in [-0.2, 0) is 83.9 Å². The third-order valence-corrected chi connectivity index (χ3v) is 7.16. The summed E-state index contributed by atoms with van der Waals surface area (Å²) in [6.45, 7) is -1.97. The second-order valence-corrected chi connectivity index (χ2v) is 12.8. The fourth-order valence-electron chi connectivity index (χ4n) is 3.71. The molecule has 1 aliphatic rings. The molecule has 0 aliphatic carbocycles. The molecule has 0 spiro atoms. The Morgan fingerprint density at radius 1 is 0.776 bits per heavy atom. The Hall–Kier alpha value is 1.56. The van der Waals surface area contributed by atoms with Gasteiger partial charge in [-0.15, -0.1) is 0 Å². The minimum Gasteiger partial charge on any atom is -0.726 e. The topological polar surface area (TPSA) is 334 Å². The smallest absolute Gasteiger partial charge is 0.726 e. The average Bonchev–Trinajstić information content (AvgIpc) is 2.86. The van der Waals surface area contributed by atoms with Gasteiger partial charge in [-0.2, -0.15) is 0 Å². The minimum absolute atomic E-state index is 0. The zero-order valence-electron chi connectivity index (χ0n) is 26.6. The Balaban J connectivity index is -0.00000529. The first-order valence-corrected chi connectivity index (χ1v) is 17.2. The molecular formula is C19H24N2Na4O20S4. The molecule has 1 saturated heterocycles. The number of benzene rings is 1. The third kappa shape index (κ3) is 23.2. The van der Waals surface area contributed by atoms with Crippen molar-refractivity contribution in [3.63, 3.8) is 0 Å². The van der Waals surface area contributed by atoms with Crippen LogP contribution in [0.15, 0.2) is 30.3 Å². The van der Waals surface area contributed by atoms with Gasteiger partial charge in [-0.3, -0.25) is 26.3 Å². The molecule has 0 saturated carbocycles. The fraction of sp³-hybridized carbons (Fsp3) is 0.579. The summed E-state index contributed by atoms with van der Waals surface area (Å²) in [6, 6.07) is 8.56. The summed E-state index contributed by atoms with van der Waals surface area (Å²) in [6.07, 6.45) is -13.2. The largest absolute Gasteiger partial charge is 1.00 e. The van der Waals surface area contributed by atoms with Gasteiger partial charge in [0, 0.05) is 20.0 Å². The molecule has 0 aromatic heterocycles. The molecule has 1 aliphatic heterocycles. The summed E-state index contributed by atoms with van der Waals surface area (Å²) in [5.74, 6) is -1.21. The van der Waals surface area contributed by atoms with Gasteiger partial charge in [0.1, 0.15) is 18.3 Å². The van der Waals surface area contributed by atoms with Crippen molar-refractivity contribution >= 4 is 53.4 Å². The van der Waals surface area contributed by atoms with Crippen molar-refractivity contribution in [2.45, 2.75) is 44.2 Å². The summed E-state index contributed by atoms with van der Waals surface area (Å²) in [5.41, 5.74) is 0.699. The number of hydrogen-bond donors (Lipinski definition) is 1. The second kappa shape index (κ2) is 24.2. The zero-order valence-corrected chi connectivity index (χ0v) is 37.8. The summed E-state index contributed by atoms with van der Waals surface area (Å²) < 4.78 is 161. The van der Waals surface area contributed by atoms with Crippen LogP contribution in [0.4, 0.5) is 0 Å². The van der Waals surface area contributed by atoms with Gasteiger partial charge in [0.2, 0.25) is 53.4 Å². The van der Waals surface area contributed by atoms with E-state index >= 15 is 0 Å².